The molecule has 0 radical (unpaired) electrons. The number of benzene rings is 1. The van der Waals surface area contributed by atoms with Gasteiger partial charge in [-0.05, 0) is 30.2 Å². The standard InChI is InChI=1S/C16H21ClN4OS/c1-2-3-4-5-8-22-14-7-6-12(9-13(14)17)10-19-21-16-20-15(18)11-23-16/h6-7,9-11H,2-5,8,18H2,1H3,(H,20,21). The van der Waals surface area contributed by atoms with Crippen LogP contribution in [0.5, 0.6) is 5.75 Å². The number of ether oxygens (including phenoxy) is 1. The third kappa shape index (κ3) is 6.08. The molecule has 1 heterocycles. The summed E-state index contributed by atoms with van der Waals surface area (Å²) in [6, 6.07) is 5.60. The average Bonchev–Trinajstić information content (AvgIpc) is 2.94. The molecule has 0 spiro atoms. The second-order valence-corrected chi connectivity index (χ2v) is 6.31. The molecule has 5 nitrogen and oxygen atoms in total. The number of nitrogens with one attached hydrogen (secondary N) is 1. The summed E-state index contributed by atoms with van der Waals surface area (Å²) in [4.78, 5) is 4.05. The van der Waals surface area contributed by atoms with E-state index >= 15 is 0 Å². The Morgan fingerprint density at radius 3 is 2.96 bits per heavy atom. The van der Waals surface area contributed by atoms with Crippen molar-refractivity contribution in [3.8, 4) is 5.75 Å². The lowest BCUT2D eigenvalue weighted by Crippen LogP contribution is -1.98. The fourth-order valence-electron chi connectivity index (χ4n) is 1.92. The number of aromatic nitrogens is 1. The van der Waals surface area contributed by atoms with Crippen molar-refractivity contribution in [1.82, 2.24) is 4.98 Å². The lowest BCUT2D eigenvalue weighted by molar-refractivity contribution is 0.305. The number of hydrogen-bond donors (Lipinski definition) is 2. The molecule has 0 aliphatic rings. The van der Waals surface area contributed by atoms with E-state index in [0.717, 1.165) is 12.0 Å². The molecule has 3 N–H and O–H groups in total. The van der Waals surface area contributed by atoms with Gasteiger partial charge in [-0.15, -0.1) is 11.3 Å². The molecule has 1 aromatic carbocycles. The zero-order valence-corrected chi connectivity index (χ0v) is 14.7. The molecular formula is C16H21ClN4OS. The van der Waals surface area contributed by atoms with Crippen molar-refractivity contribution in [2.45, 2.75) is 32.6 Å². The Morgan fingerprint density at radius 2 is 2.26 bits per heavy atom. The normalized spacial score (nSPS) is 11.0. The molecule has 0 saturated heterocycles. The van der Waals surface area contributed by atoms with Gasteiger partial charge in [-0.3, -0.25) is 5.43 Å². The molecule has 0 bridgehead atoms. The summed E-state index contributed by atoms with van der Waals surface area (Å²) < 4.78 is 5.70. The number of thiazole rings is 1. The van der Waals surface area contributed by atoms with Crippen LogP contribution in [0.25, 0.3) is 0 Å². The highest BCUT2D eigenvalue weighted by atomic mass is 35.5. The first-order chi connectivity index (χ1) is 11.2. The number of halogens is 1. The van der Waals surface area contributed by atoms with Gasteiger partial charge in [-0.1, -0.05) is 37.8 Å². The lowest BCUT2D eigenvalue weighted by atomic mass is 10.2. The van der Waals surface area contributed by atoms with Gasteiger partial charge in [0.05, 0.1) is 17.8 Å². The van der Waals surface area contributed by atoms with Crippen molar-refractivity contribution in [1.29, 1.82) is 0 Å². The Labute approximate surface area is 145 Å². The molecule has 0 aliphatic heterocycles. The van der Waals surface area contributed by atoms with Crippen LogP contribution < -0.4 is 15.9 Å². The number of hydrogen-bond acceptors (Lipinski definition) is 6. The minimum absolute atomic E-state index is 0.483. The zero-order valence-electron chi connectivity index (χ0n) is 13.1. The van der Waals surface area contributed by atoms with Gasteiger partial charge in [-0.25, -0.2) is 4.98 Å². The molecule has 0 fully saturated rings. The van der Waals surface area contributed by atoms with E-state index in [2.05, 4.69) is 22.4 Å². The van der Waals surface area contributed by atoms with Crippen LogP contribution in [0.1, 0.15) is 38.2 Å². The van der Waals surface area contributed by atoms with Gasteiger partial charge in [0.1, 0.15) is 11.6 Å². The number of hydrazone groups is 1. The third-order valence-corrected chi connectivity index (χ3v) is 4.17. The summed E-state index contributed by atoms with van der Waals surface area (Å²) in [5, 5.41) is 7.10. The van der Waals surface area contributed by atoms with E-state index in [1.54, 1.807) is 11.6 Å². The first-order valence-electron chi connectivity index (χ1n) is 7.61. The van der Waals surface area contributed by atoms with Gasteiger partial charge in [0, 0.05) is 5.38 Å². The van der Waals surface area contributed by atoms with Crippen LogP contribution in [0.3, 0.4) is 0 Å². The maximum absolute atomic E-state index is 6.23. The third-order valence-electron chi connectivity index (χ3n) is 3.11. The van der Waals surface area contributed by atoms with E-state index in [4.69, 9.17) is 22.1 Å². The lowest BCUT2D eigenvalue weighted by Gasteiger charge is -2.08. The molecule has 23 heavy (non-hydrogen) atoms. The van der Waals surface area contributed by atoms with E-state index in [1.165, 1.54) is 30.6 Å². The van der Waals surface area contributed by atoms with Crippen molar-refractivity contribution in [3.63, 3.8) is 0 Å². The molecule has 2 rings (SSSR count). The van der Waals surface area contributed by atoms with Crippen LogP contribution in [-0.2, 0) is 0 Å². The first kappa shape index (κ1) is 17.6. The van der Waals surface area contributed by atoms with Crippen molar-refractivity contribution < 1.29 is 4.74 Å². The molecule has 0 aliphatic carbocycles. The Kier molecular flexibility index (Phi) is 7.16. The van der Waals surface area contributed by atoms with Crippen LogP contribution in [0.2, 0.25) is 5.02 Å². The Balaban J connectivity index is 1.83. The number of anilines is 2. The minimum Gasteiger partial charge on any atom is -0.492 e. The predicted octanol–water partition coefficient (Wildman–Crippen LogP) is 4.78. The highest BCUT2D eigenvalue weighted by molar-refractivity contribution is 7.14. The second kappa shape index (κ2) is 9.37. The molecular weight excluding hydrogens is 332 g/mol. The largest absolute Gasteiger partial charge is 0.492 e. The Morgan fingerprint density at radius 1 is 1.39 bits per heavy atom. The molecule has 0 amide bonds. The van der Waals surface area contributed by atoms with Gasteiger partial charge in [0.15, 0.2) is 0 Å². The highest BCUT2D eigenvalue weighted by Gasteiger charge is 2.02. The molecule has 7 heteroatoms. The van der Waals surface area contributed by atoms with Crippen LogP contribution in [0, 0.1) is 0 Å². The van der Waals surface area contributed by atoms with Crippen molar-refractivity contribution in [2.75, 3.05) is 17.8 Å². The fraction of sp³-hybridized carbons (Fsp3) is 0.375. The summed E-state index contributed by atoms with van der Waals surface area (Å²) in [7, 11) is 0. The SMILES string of the molecule is CCCCCCOc1ccc(C=NNc2nc(N)cs2)cc1Cl. The number of rotatable bonds is 9. The maximum atomic E-state index is 6.23. The summed E-state index contributed by atoms with van der Waals surface area (Å²) in [6.45, 7) is 2.89. The van der Waals surface area contributed by atoms with Gasteiger partial charge >= 0.3 is 0 Å². The van der Waals surface area contributed by atoms with Crippen LogP contribution in [0.4, 0.5) is 10.9 Å². The van der Waals surface area contributed by atoms with Gasteiger partial charge in [0.2, 0.25) is 5.13 Å². The van der Waals surface area contributed by atoms with Crippen LogP contribution in [-0.4, -0.2) is 17.8 Å². The summed E-state index contributed by atoms with van der Waals surface area (Å²) in [5.41, 5.74) is 9.25. The van der Waals surface area contributed by atoms with Crippen LogP contribution >= 0.6 is 22.9 Å². The summed E-state index contributed by atoms with van der Waals surface area (Å²) in [5.74, 6) is 1.19. The quantitative estimate of drug-likeness (QED) is 0.387. The molecule has 2 aromatic rings. The van der Waals surface area contributed by atoms with Crippen molar-refractivity contribution in [3.05, 3.63) is 34.2 Å². The molecule has 0 unspecified atom stereocenters. The van der Waals surface area contributed by atoms with Gasteiger partial charge in [0.25, 0.3) is 0 Å². The molecule has 0 atom stereocenters. The highest BCUT2D eigenvalue weighted by Crippen LogP contribution is 2.25. The number of nitrogen functional groups attached to an aromatic ring is 1. The predicted molar refractivity (Wildman–Crippen MR) is 98.8 cm³/mol. The molecule has 1 aromatic heterocycles. The first-order valence-corrected chi connectivity index (χ1v) is 8.87. The van der Waals surface area contributed by atoms with Gasteiger partial charge in [-0.2, -0.15) is 5.10 Å². The average molecular weight is 353 g/mol. The van der Waals surface area contributed by atoms with Crippen LogP contribution in [0.15, 0.2) is 28.7 Å². The Bertz CT molecular complexity index is 645. The smallest absolute Gasteiger partial charge is 0.205 e. The van der Waals surface area contributed by atoms with E-state index in [9.17, 15) is 0 Å². The minimum atomic E-state index is 0.483. The van der Waals surface area contributed by atoms with E-state index in [1.807, 2.05) is 18.2 Å². The topological polar surface area (TPSA) is 72.5 Å². The fourth-order valence-corrected chi connectivity index (χ4v) is 2.72. The summed E-state index contributed by atoms with van der Waals surface area (Å²) in [6.07, 6.45) is 6.37. The van der Waals surface area contributed by atoms with E-state index < -0.39 is 0 Å². The monoisotopic (exact) mass is 352 g/mol. The molecule has 124 valence electrons. The van der Waals surface area contributed by atoms with Crippen molar-refractivity contribution in [2.24, 2.45) is 5.10 Å². The molecule has 0 saturated carbocycles. The Hall–Kier alpha value is -1.79. The zero-order chi connectivity index (χ0) is 16.5. The number of nitrogens with zero attached hydrogens (tertiary/aromatic N) is 2. The number of nitrogens with two attached hydrogens (primary N) is 1. The van der Waals surface area contributed by atoms with E-state index in [0.29, 0.717) is 28.3 Å². The van der Waals surface area contributed by atoms with Crippen molar-refractivity contribution >= 4 is 40.1 Å². The maximum Gasteiger partial charge on any atom is 0.205 e. The van der Waals surface area contributed by atoms with Gasteiger partial charge < -0.3 is 10.5 Å². The summed E-state index contributed by atoms with van der Waals surface area (Å²) >= 11 is 7.63. The number of unbranched alkanes of at least 4 members (excludes halogenated alkanes) is 3. The second-order valence-electron chi connectivity index (χ2n) is 5.05. The van der Waals surface area contributed by atoms with E-state index in [-0.39, 0.29) is 0 Å².